The summed E-state index contributed by atoms with van der Waals surface area (Å²) in [4.78, 5) is 9.57. The molecule has 0 saturated carbocycles. The van der Waals surface area contributed by atoms with Crippen LogP contribution in [0.4, 0.5) is 0 Å². The second kappa shape index (κ2) is 6.41. The fraction of sp³-hybridized carbons (Fsp3) is 0. The van der Waals surface area contributed by atoms with E-state index in [1.54, 1.807) is 0 Å². The first-order valence-electron chi connectivity index (χ1n) is 7.57. The van der Waals surface area contributed by atoms with Gasteiger partial charge in [0.1, 0.15) is 5.75 Å². The first kappa shape index (κ1) is 15.4. The van der Waals surface area contributed by atoms with Crippen LogP contribution in [-0.2, 0) is 0 Å². The zero-order valence-corrected chi connectivity index (χ0v) is 14.3. The summed E-state index contributed by atoms with van der Waals surface area (Å²) in [6.45, 7) is 0. The lowest BCUT2D eigenvalue weighted by Gasteiger charge is -2.16. The molecule has 1 unspecified atom stereocenters. The average molecular weight is 353 g/mol. The summed E-state index contributed by atoms with van der Waals surface area (Å²) < 4.78 is 5.54. The van der Waals surface area contributed by atoms with Crippen LogP contribution in [0.25, 0.3) is 32.7 Å². The Morgan fingerprint density at radius 1 is 0.708 bits per heavy atom. The molecule has 0 radical (unpaired) electrons. The van der Waals surface area contributed by atoms with Crippen molar-refractivity contribution in [3.05, 3.63) is 78.9 Å². The molecule has 118 valence electrons. The van der Waals surface area contributed by atoms with Crippen molar-refractivity contribution >= 4 is 40.5 Å². The van der Waals surface area contributed by atoms with E-state index in [1.165, 1.54) is 0 Å². The molecule has 0 amide bonds. The maximum Gasteiger partial charge on any atom is 0.335 e. The zero-order chi connectivity index (χ0) is 16.5. The molecule has 1 atom stereocenters. The third kappa shape index (κ3) is 2.74. The van der Waals surface area contributed by atoms with Gasteiger partial charge < -0.3 is 9.42 Å². The van der Waals surface area contributed by atoms with E-state index in [-0.39, 0.29) is 0 Å². The van der Waals surface area contributed by atoms with Gasteiger partial charge in [0.25, 0.3) is 0 Å². The molecular weight excluding hydrogens is 339 g/mol. The maximum absolute atomic E-state index is 9.57. The Bertz CT molecular complexity index is 1020. The van der Waals surface area contributed by atoms with Crippen molar-refractivity contribution in [1.82, 2.24) is 0 Å². The lowest BCUT2D eigenvalue weighted by Crippen LogP contribution is -1.90. The van der Waals surface area contributed by atoms with Crippen LogP contribution in [-0.4, -0.2) is 4.89 Å². The monoisotopic (exact) mass is 352 g/mol. The van der Waals surface area contributed by atoms with Gasteiger partial charge in [-0.2, -0.15) is 0 Å². The number of fused-ring (bicyclic) bond motifs is 2. The average Bonchev–Trinajstić information content (AvgIpc) is 2.61. The number of hydrogen-bond acceptors (Lipinski definition) is 2. The molecule has 2 nitrogen and oxygen atoms in total. The van der Waals surface area contributed by atoms with Crippen LogP contribution in [0.15, 0.2) is 78.9 Å². The van der Waals surface area contributed by atoms with E-state index < -0.39 is 7.73 Å². The summed E-state index contributed by atoms with van der Waals surface area (Å²) in [5.74, 6) is 0.591. The van der Waals surface area contributed by atoms with Crippen molar-refractivity contribution in [2.45, 2.75) is 0 Å². The number of benzene rings is 4. The molecule has 0 fully saturated rings. The van der Waals surface area contributed by atoms with Crippen molar-refractivity contribution in [1.29, 1.82) is 0 Å². The Morgan fingerprint density at radius 3 is 2.08 bits per heavy atom. The van der Waals surface area contributed by atoms with E-state index in [2.05, 4.69) is 36.4 Å². The van der Waals surface area contributed by atoms with E-state index in [1.807, 2.05) is 42.5 Å². The number of rotatable bonds is 3. The first-order valence-corrected chi connectivity index (χ1v) is 9.68. The molecule has 4 aromatic carbocycles. The largest absolute Gasteiger partial charge is 0.435 e. The molecule has 1 N–H and O–H groups in total. The van der Waals surface area contributed by atoms with Gasteiger partial charge in [0.05, 0.1) is 0 Å². The van der Waals surface area contributed by atoms with Crippen LogP contribution in [0.1, 0.15) is 0 Å². The molecule has 0 heterocycles. The SMILES string of the molecule is OP(Cl)Oc1ccc2ccccc2c1-c1cccc2ccccc12. The lowest BCUT2D eigenvalue weighted by atomic mass is 9.93. The summed E-state index contributed by atoms with van der Waals surface area (Å²) in [6.07, 6.45) is 0. The summed E-state index contributed by atoms with van der Waals surface area (Å²) in [5, 5.41) is 4.48. The minimum absolute atomic E-state index is 0.591. The molecule has 4 aromatic rings. The standard InChI is InChI=1S/C20H14ClO2P/c21-24(22)23-19-13-12-15-7-2-4-10-17(15)20(19)18-11-5-8-14-6-1-3-9-16(14)18/h1-13,22H. The van der Waals surface area contributed by atoms with Gasteiger partial charge in [-0.3, -0.25) is 0 Å². The minimum Gasteiger partial charge on any atom is -0.435 e. The predicted molar refractivity (Wildman–Crippen MR) is 103 cm³/mol. The van der Waals surface area contributed by atoms with Crippen LogP contribution in [0, 0.1) is 0 Å². The Kier molecular flexibility index (Phi) is 4.12. The summed E-state index contributed by atoms with van der Waals surface area (Å²) in [7, 11) is -2.01. The fourth-order valence-corrected chi connectivity index (χ4v) is 3.67. The van der Waals surface area contributed by atoms with E-state index in [0.717, 1.165) is 32.7 Å². The predicted octanol–water partition coefficient (Wildman–Crippen LogP) is 6.50. The Labute approximate surface area is 146 Å². The van der Waals surface area contributed by atoms with Gasteiger partial charge in [-0.05, 0) is 44.4 Å². The molecule has 0 bridgehead atoms. The van der Waals surface area contributed by atoms with Crippen molar-refractivity contribution in [2.75, 3.05) is 0 Å². The highest BCUT2D eigenvalue weighted by atomic mass is 35.7. The van der Waals surface area contributed by atoms with Gasteiger partial charge in [-0.25, -0.2) is 0 Å². The normalized spacial score (nSPS) is 12.4. The highest BCUT2D eigenvalue weighted by molar-refractivity contribution is 7.75. The Balaban J connectivity index is 2.10. The Morgan fingerprint density at radius 2 is 1.33 bits per heavy atom. The highest BCUT2D eigenvalue weighted by Gasteiger charge is 2.16. The molecule has 0 spiro atoms. The summed E-state index contributed by atoms with van der Waals surface area (Å²) in [5.41, 5.74) is 2.01. The number of hydrogen-bond donors (Lipinski definition) is 1. The Hall–Kier alpha value is -2.12. The molecule has 4 heteroatoms. The zero-order valence-electron chi connectivity index (χ0n) is 12.7. The molecule has 24 heavy (non-hydrogen) atoms. The molecule has 4 rings (SSSR count). The molecule has 0 aliphatic carbocycles. The second-order valence-electron chi connectivity index (χ2n) is 5.50. The van der Waals surface area contributed by atoms with Crippen LogP contribution in [0.2, 0.25) is 0 Å². The van der Waals surface area contributed by atoms with E-state index >= 15 is 0 Å². The second-order valence-corrected chi connectivity index (χ2v) is 7.01. The topological polar surface area (TPSA) is 29.5 Å². The van der Waals surface area contributed by atoms with Crippen molar-refractivity contribution in [3.63, 3.8) is 0 Å². The van der Waals surface area contributed by atoms with E-state index in [0.29, 0.717) is 5.75 Å². The van der Waals surface area contributed by atoms with Gasteiger partial charge in [0.2, 0.25) is 0 Å². The van der Waals surface area contributed by atoms with E-state index in [9.17, 15) is 4.89 Å². The molecule has 0 aliphatic rings. The molecule has 0 saturated heterocycles. The maximum atomic E-state index is 9.57. The third-order valence-corrected chi connectivity index (χ3v) is 4.68. The van der Waals surface area contributed by atoms with Crippen molar-refractivity contribution < 1.29 is 9.42 Å². The van der Waals surface area contributed by atoms with Gasteiger partial charge in [0.15, 0.2) is 0 Å². The van der Waals surface area contributed by atoms with Crippen molar-refractivity contribution in [3.8, 4) is 16.9 Å². The molecular formula is C20H14ClO2P. The number of halogens is 1. The van der Waals surface area contributed by atoms with Crippen LogP contribution >= 0.6 is 19.0 Å². The first-order chi connectivity index (χ1) is 11.7. The lowest BCUT2D eigenvalue weighted by molar-refractivity contribution is 0.507. The quantitative estimate of drug-likeness (QED) is 0.426. The van der Waals surface area contributed by atoms with Crippen LogP contribution < -0.4 is 4.52 Å². The third-order valence-electron chi connectivity index (χ3n) is 4.12. The van der Waals surface area contributed by atoms with Crippen LogP contribution in [0.5, 0.6) is 5.75 Å². The van der Waals surface area contributed by atoms with Gasteiger partial charge >= 0.3 is 7.73 Å². The summed E-state index contributed by atoms with van der Waals surface area (Å²) >= 11 is 5.74. The summed E-state index contributed by atoms with van der Waals surface area (Å²) in [6, 6.07) is 26.4. The van der Waals surface area contributed by atoms with Crippen molar-refractivity contribution in [2.24, 2.45) is 0 Å². The van der Waals surface area contributed by atoms with Crippen LogP contribution in [0.3, 0.4) is 0 Å². The minimum atomic E-state index is -2.01. The highest BCUT2D eigenvalue weighted by Crippen LogP contribution is 2.46. The van der Waals surface area contributed by atoms with Gasteiger partial charge in [-0.15, -0.1) is 0 Å². The fourth-order valence-electron chi connectivity index (χ4n) is 3.13. The smallest absolute Gasteiger partial charge is 0.335 e. The van der Waals surface area contributed by atoms with Gasteiger partial charge in [0, 0.05) is 5.56 Å². The van der Waals surface area contributed by atoms with Gasteiger partial charge in [-0.1, -0.05) is 72.8 Å². The molecule has 0 aliphatic heterocycles. The molecule has 0 aromatic heterocycles. The van der Waals surface area contributed by atoms with E-state index in [4.69, 9.17) is 15.8 Å².